The SMILES string of the molecule is CCOc1ccc(C2CCNCC2C)cc1F.Cl. The maximum atomic E-state index is 13.8. The Bertz CT molecular complexity index is 386. The molecule has 0 saturated carbocycles. The van der Waals surface area contributed by atoms with Crippen molar-refractivity contribution in [1.29, 1.82) is 0 Å². The molecule has 1 aliphatic rings. The lowest BCUT2D eigenvalue weighted by Crippen LogP contribution is -2.33. The van der Waals surface area contributed by atoms with Crippen LogP contribution >= 0.6 is 12.4 Å². The minimum absolute atomic E-state index is 0. The van der Waals surface area contributed by atoms with Crippen LogP contribution in [-0.2, 0) is 0 Å². The van der Waals surface area contributed by atoms with Crippen molar-refractivity contribution in [3.63, 3.8) is 0 Å². The monoisotopic (exact) mass is 273 g/mol. The van der Waals surface area contributed by atoms with Crippen LogP contribution in [0.4, 0.5) is 4.39 Å². The molecule has 2 nitrogen and oxygen atoms in total. The van der Waals surface area contributed by atoms with Gasteiger partial charge in [-0.2, -0.15) is 0 Å². The highest BCUT2D eigenvalue weighted by Crippen LogP contribution is 2.32. The summed E-state index contributed by atoms with van der Waals surface area (Å²) in [5.41, 5.74) is 1.10. The summed E-state index contributed by atoms with van der Waals surface area (Å²) in [6.45, 7) is 6.61. The molecule has 0 aliphatic carbocycles. The summed E-state index contributed by atoms with van der Waals surface area (Å²) in [5, 5.41) is 3.36. The summed E-state index contributed by atoms with van der Waals surface area (Å²) < 4.78 is 19.0. The summed E-state index contributed by atoms with van der Waals surface area (Å²) >= 11 is 0. The van der Waals surface area contributed by atoms with E-state index in [4.69, 9.17) is 4.74 Å². The van der Waals surface area contributed by atoms with Crippen LogP contribution in [0.3, 0.4) is 0 Å². The molecule has 0 aromatic heterocycles. The zero-order valence-corrected chi connectivity index (χ0v) is 11.7. The highest BCUT2D eigenvalue weighted by atomic mass is 35.5. The van der Waals surface area contributed by atoms with E-state index in [-0.39, 0.29) is 18.2 Å². The molecule has 0 radical (unpaired) electrons. The third-order valence-corrected chi connectivity index (χ3v) is 3.47. The Morgan fingerprint density at radius 2 is 2.22 bits per heavy atom. The Morgan fingerprint density at radius 1 is 1.44 bits per heavy atom. The quantitative estimate of drug-likeness (QED) is 0.912. The van der Waals surface area contributed by atoms with Crippen molar-refractivity contribution in [2.75, 3.05) is 19.7 Å². The van der Waals surface area contributed by atoms with Crippen LogP contribution in [0.2, 0.25) is 0 Å². The average Bonchev–Trinajstić information content (AvgIpc) is 2.33. The number of rotatable bonds is 3. The van der Waals surface area contributed by atoms with Gasteiger partial charge < -0.3 is 10.1 Å². The molecule has 2 rings (SSSR count). The van der Waals surface area contributed by atoms with Crippen molar-refractivity contribution in [2.45, 2.75) is 26.2 Å². The first kappa shape index (κ1) is 15.3. The molecule has 2 unspecified atom stereocenters. The van der Waals surface area contributed by atoms with Gasteiger partial charge >= 0.3 is 0 Å². The van der Waals surface area contributed by atoms with E-state index in [1.165, 1.54) is 0 Å². The van der Waals surface area contributed by atoms with Crippen LogP contribution in [-0.4, -0.2) is 19.7 Å². The fourth-order valence-corrected chi connectivity index (χ4v) is 2.53. The van der Waals surface area contributed by atoms with Crippen molar-refractivity contribution in [1.82, 2.24) is 5.32 Å². The average molecular weight is 274 g/mol. The van der Waals surface area contributed by atoms with Crippen LogP contribution in [0.25, 0.3) is 0 Å². The van der Waals surface area contributed by atoms with Gasteiger partial charge in [0.25, 0.3) is 0 Å². The Balaban J connectivity index is 0.00000162. The zero-order chi connectivity index (χ0) is 12.3. The summed E-state index contributed by atoms with van der Waals surface area (Å²) in [6, 6.07) is 5.39. The molecule has 1 aromatic carbocycles. The third kappa shape index (κ3) is 3.36. The molecule has 1 aromatic rings. The number of piperidine rings is 1. The van der Waals surface area contributed by atoms with E-state index in [1.54, 1.807) is 12.1 Å². The van der Waals surface area contributed by atoms with E-state index in [0.29, 0.717) is 24.2 Å². The van der Waals surface area contributed by atoms with Gasteiger partial charge in [-0.05, 0) is 56.0 Å². The van der Waals surface area contributed by atoms with E-state index < -0.39 is 0 Å². The fourth-order valence-electron chi connectivity index (χ4n) is 2.53. The molecular weight excluding hydrogens is 253 g/mol. The first-order chi connectivity index (χ1) is 8.22. The normalized spacial score (nSPS) is 23.3. The van der Waals surface area contributed by atoms with Crippen LogP contribution in [0.1, 0.15) is 31.7 Å². The molecule has 1 fully saturated rings. The van der Waals surface area contributed by atoms with Gasteiger partial charge in [0.2, 0.25) is 0 Å². The highest BCUT2D eigenvalue weighted by Gasteiger charge is 2.23. The summed E-state index contributed by atoms with van der Waals surface area (Å²) in [5.74, 6) is 1.13. The van der Waals surface area contributed by atoms with E-state index in [9.17, 15) is 4.39 Å². The van der Waals surface area contributed by atoms with Crippen molar-refractivity contribution >= 4 is 12.4 Å². The molecule has 1 N–H and O–H groups in total. The maximum absolute atomic E-state index is 13.8. The van der Waals surface area contributed by atoms with Gasteiger partial charge in [0.1, 0.15) is 0 Å². The standard InChI is InChI=1S/C14H20FNO.ClH/c1-3-17-14-5-4-11(8-13(14)15)12-6-7-16-9-10(12)2;/h4-5,8,10,12,16H,3,6-7,9H2,1-2H3;1H. The molecule has 0 amide bonds. The topological polar surface area (TPSA) is 21.3 Å². The van der Waals surface area contributed by atoms with E-state index in [2.05, 4.69) is 12.2 Å². The van der Waals surface area contributed by atoms with Gasteiger partial charge in [-0.3, -0.25) is 0 Å². The first-order valence-electron chi connectivity index (χ1n) is 6.35. The molecule has 1 saturated heterocycles. The lowest BCUT2D eigenvalue weighted by molar-refractivity contribution is 0.319. The molecule has 102 valence electrons. The summed E-state index contributed by atoms with van der Waals surface area (Å²) in [7, 11) is 0. The molecule has 1 heterocycles. The van der Waals surface area contributed by atoms with Crippen molar-refractivity contribution in [2.24, 2.45) is 5.92 Å². The van der Waals surface area contributed by atoms with E-state index >= 15 is 0 Å². The second-order valence-electron chi connectivity index (χ2n) is 4.70. The smallest absolute Gasteiger partial charge is 0.165 e. The van der Waals surface area contributed by atoms with E-state index in [1.807, 2.05) is 13.0 Å². The number of benzene rings is 1. The van der Waals surface area contributed by atoms with Gasteiger partial charge in [-0.15, -0.1) is 12.4 Å². The second kappa shape index (κ2) is 6.95. The Hall–Kier alpha value is -0.800. The maximum Gasteiger partial charge on any atom is 0.165 e. The minimum atomic E-state index is -0.241. The summed E-state index contributed by atoms with van der Waals surface area (Å²) in [4.78, 5) is 0. The third-order valence-electron chi connectivity index (χ3n) is 3.47. The summed E-state index contributed by atoms with van der Waals surface area (Å²) in [6.07, 6.45) is 1.08. The van der Waals surface area contributed by atoms with Gasteiger partial charge in [0.15, 0.2) is 11.6 Å². The second-order valence-corrected chi connectivity index (χ2v) is 4.70. The Kier molecular flexibility index (Phi) is 5.89. The molecule has 18 heavy (non-hydrogen) atoms. The Morgan fingerprint density at radius 3 is 2.83 bits per heavy atom. The van der Waals surface area contributed by atoms with Crippen molar-refractivity contribution in [3.05, 3.63) is 29.6 Å². The zero-order valence-electron chi connectivity index (χ0n) is 10.9. The van der Waals surface area contributed by atoms with Gasteiger partial charge in [-0.25, -0.2) is 4.39 Å². The van der Waals surface area contributed by atoms with Crippen LogP contribution < -0.4 is 10.1 Å². The predicted molar refractivity (Wildman–Crippen MR) is 74.2 cm³/mol. The predicted octanol–water partition coefficient (Wildman–Crippen LogP) is 3.36. The molecule has 1 aliphatic heterocycles. The molecule has 2 atom stereocenters. The lowest BCUT2D eigenvalue weighted by atomic mass is 9.82. The highest BCUT2D eigenvalue weighted by molar-refractivity contribution is 5.85. The minimum Gasteiger partial charge on any atom is -0.491 e. The van der Waals surface area contributed by atoms with Crippen molar-refractivity contribution < 1.29 is 9.13 Å². The number of ether oxygens (including phenoxy) is 1. The number of halogens is 2. The van der Waals surface area contributed by atoms with Crippen LogP contribution in [0, 0.1) is 11.7 Å². The van der Waals surface area contributed by atoms with E-state index in [0.717, 1.165) is 25.1 Å². The van der Waals surface area contributed by atoms with Gasteiger partial charge in [0.05, 0.1) is 6.61 Å². The fraction of sp³-hybridized carbons (Fsp3) is 0.571. The number of hydrogen-bond acceptors (Lipinski definition) is 2. The first-order valence-corrected chi connectivity index (χ1v) is 6.35. The molecule has 4 heteroatoms. The van der Waals surface area contributed by atoms with Gasteiger partial charge in [0, 0.05) is 0 Å². The van der Waals surface area contributed by atoms with Crippen LogP contribution in [0.15, 0.2) is 18.2 Å². The molecule has 0 spiro atoms. The molecular formula is C14H21ClFNO. The number of hydrogen-bond donors (Lipinski definition) is 1. The van der Waals surface area contributed by atoms with Gasteiger partial charge in [-0.1, -0.05) is 13.0 Å². The van der Waals surface area contributed by atoms with Crippen molar-refractivity contribution in [3.8, 4) is 5.75 Å². The van der Waals surface area contributed by atoms with Crippen LogP contribution in [0.5, 0.6) is 5.75 Å². The number of nitrogens with one attached hydrogen (secondary N) is 1. The molecule has 0 bridgehead atoms. The largest absolute Gasteiger partial charge is 0.491 e. The lowest BCUT2D eigenvalue weighted by Gasteiger charge is -2.30. The Labute approximate surface area is 114 Å².